The Balaban J connectivity index is 3.30. The van der Waals surface area contributed by atoms with Gasteiger partial charge in [-0.25, -0.2) is 4.79 Å². The van der Waals surface area contributed by atoms with Gasteiger partial charge in [0.15, 0.2) is 0 Å². The van der Waals surface area contributed by atoms with Gasteiger partial charge in [0.05, 0.1) is 0 Å². The van der Waals surface area contributed by atoms with E-state index in [-0.39, 0.29) is 5.97 Å². The van der Waals surface area contributed by atoms with Crippen molar-refractivity contribution in [3.63, 3.8) is 0 Å². The number of carbonyl (C=O) groups excluding carboxylic acids is 2. The van der Waals surface area contributed by atoms with Crippen molar-refractivity contribution in [3.8, 4) is 0 Å². The third kappa shape index (κ3) is 14.0. The number of hydrogen-bond donors (Lipinski definition) is 0. The lowest BCUT2D eigenvalue weighted by Gasteiger charge is -2.19. The van der Waals surface area contributed by atoms with Crippen molar-refractivity contribution < 1.29 is 19.1 Å². The van der Waals surface area contributed by atoms with Crippen LogP contribution in [0.1, 0.15) is 33.6 Å². The lowest BCUT2D eigenvalue weighted by Crippen LogP contribution is -2.23. The Morgan fingerprint density at radius 2 is 1.78 bits per heavy atom. The van der Waals surface area contributed by atoms with E-state index in [2.05, 4.69) is 4.74 Å². The van der Waals surface area contributed by atoms with Crippen LogP contribution >= 0.6 is 33.2 Å². The van der Waals surface area contributed by atoms with Crippen LogP contribution in [0, 0.1) is 0 Å². The largest absolute Gasteiger partial charge is 0.460 e. The van der Waals surface area contributed by atoms with Crippen molar-refractivity contribution >= 4 is 44.6 Å². The summed E-state index contributed by atoms with van der Waals surface area (Å²) in [5.41, 5.74) is -1.18. The smallest absolute Gasteiger partial charge is 0.403 e. The van der Waals surface area contributed by atoms with Crippen LogP contribution in [-0.2, 0) is 14.3 Å². The highest BCUT2D eigenvalue weighted by Crippen LogP contribution is 2.22. The molecule has 106 valence electrons. The van der Waals surface area contributed by atoms with E-state index in [4.69, 9.17) is 16.3 Å². The van der Waals surface area contributed by atoms with Gasteiger partial charge >= 0.3 is 11.4 Å². The molecule has 0 bridgehead atoms. The van der Waals surface area contributed by atoms with Crippen LogP contribution in [0.25, 0.3) is 0 Å². The van der Waals surface area contributed by atoms with Gasteiger partial charge in [-0.2, -0.15) is 0 Å². The normalized spacial score (nSPS) is 11.1. The first-order valence-electron chi connectivity index (χ1n) is 5.60. The minimum atomic E-state index is -0.773. The molecular formula is C11H19ClO4S2. The molecule has 0 atom stereocenters. The van der Waals surface area contributed by atoms with Gasteiger partial charge in [0.25, 0.3) is 0 Å². The second-order valence-electron chi connectivity index (χ2n) is 4.42. The molecule has 0 aliphatic heterocycles. The standard InChI is InChI=1S/C11H19ClO4S2/c1-11(2,3)16-9(13)5-4-7-17-18-8-6-15-10(12)14/h4-8H2,1-3H3. The minimum absolute atomic E-state index is 0.163. The van der Waals surface area contributed by atoms with E-state index in [1.54, 1.807) is 21.6 Å². The van der Waals surface area contributed by atoms with Crippen molar-refractivity contribution in [3.05, 3.63) is 0 Å². The Bertz CT molecular complexity index is 266. The van der Waals surface area contributed by atoms with Gasteiger partial charge in [0.2, 0.25) is 0 Å². The van der Waals surface area contributed by atoms with Gasteiger partial charge in [-0.05, 0) is 27.2 Å². The van der Waals surface area contributed by atoms with Crippen molar-refractivity contribution in [1.29, 1.82) is 0 Å². The summed E-state index contributed by atoms with van der Waals surface area (Å²) in [6.07, 6.45) is 1.21. The van der Waals surface area contributed by atoms with E-state index in [9.17, 15) is 9.59 Å². The summed E-state index contributed by atoms with van der Waals surface area (Å²) in [5.74, 6) is 1.39. The Labute approximate surface area is 121 Å². The van der Waals surface area contributed by atoms with Crippen molar-refractivity contribution in [2.45, 2.75) is 39.2 Å². The fraction of sp³-hybridized carbons (Fsp3) is 0.818. The first-order valence-corrected chi connectivity index (χ1v) is 8.46. The lowest BCUT2D eigenvalue weighted by atomic mass is 10.2. The van der Waals surface area contributed by atoms with E-state index in [0.29, 0.717) is 18.8 Å². The molecule has 0 aliphatic carbocycles. The van der Waals surface area contributed by atoms with E-state index in [1.165, 1.54) is 0 Å². The number of rotatable bonds is 8. The second kappa shape index (κ2) is 9.81. The summed E-state index contributed by atoms with van der Waals surface area (Å²) in [6.45, 7) is 5.88. The van der Waals surface area contributed by atoms with Gasteiger partial charge in [0, 0.05) is 29.5 Å². The van der Waals surface area contributed by atoms with Crippen LogP contribution in [-0.4, -0.2) is 35.1 Å². The summed E-state index contributed by atoms with van der Waals surface area (Å²) in [4.78, 5) is 21.6. The summed E-state index contributed by atoms with van der Waals surface area (Å²) in [7, 11) is 3.23. The Kier molecular flexibility index (Phi) is 9.77. The number of carbonyl (C=O) groups is 2. The van der Waals surface area contributed by atoms with Crippen LogP contribution < -0.4 is 0 Å². The Morgan fingerprint density at radius 1 is 1.17 bits per heavy atom. The third-order valence-electron chi connectivity index (χ3n) is 1.49. The van der Waals surface area contributed by atoms with E-state index >= 15 is 0 Å². The maximum atomic E-state index is 11.4. The fourth-order valence-corrected chi connectivity index (χ4v) is 2.93. The second-order valence-corrected chi connectivity index (χ2v) is 7.43. The van der Waals surface area contributed by atoms with Crippen LogP contribution in [0.2, 0.25) is 0 Å². The molecule has 0 aliphatic rings. The van der Waals surface area contributed by atoms with E-state index < -0.39 is 11.0 Å². The van der Waals surface area contributed by atoms with Crippen LogP contribution in [0.5, 0.6) is 0 Å². The van der Waals surface area contributed by atoms with Crippen LogP contribution in [0.15, 0.2) is 0 Å². The molecule has 0 saturated carbocycles. The van der Waals surface area contributed by atoms with E-state index in [1.807, 2.05) is 20.8 Å². The number of ether oxygens (including phenoxy) is 2. The summed E-state index contributed by atoms with van der Waals surface area (Å²) >= 11 is 5.00. The van der Waals surface area contributed by atoms with Crippen LogP contribution in [0.4, 0.5) is 4.79 Å². The molecule has 4 nitrogen and oxygen atoms in total. The summed E-state index contributed by atoms with van der Waals surface area (Å²) < 4.78 is 9.74. The van der Waals surface area contributed by atoms with Gasteiger partial charge < -0.3 is 9.47 Å². The number of hydrogen-bond acceptors (Lipinski definition) is 6. The zero-order chi connectivity index (χ0) is 14.0. The molecule has 0 aromatic carbocycles. The van der Waals surface area contributed by atoms with E-state index in [0.717, 1.165) is 12.2 Å². The van der Waals surface area contributed by atoms with Gasteiger partial charge in [-0.3, -0.25) is 4.79 Å². The maximum absolute atomic E-state index is 11.4. The summed E-state index contributed by atoms with van der Waals surface area (Å²) in [6, 6.07) is 0. The quantitative estimate of drug-likeness (QED) is 0.293. The van der Waals surface area contributed by atoms with Crippen molar-refractivity contribution in [2.75, 3.05) is 18.1 Å². The zero-order valence-electron chi connectivity index (χ0n) is 10.9. The van der Waals surface area contributed by atoms with Gasteiger partial charge in [-0.1, -0.05) is 21.6 Å². The predicted molar refractivity (Wildman–Crippen MR) is 77.2 cm³/mol. The molecule has 0 N–H and O–H groups in total. The molecule has 7 heteroatoms. The minimum Gasteiger partial charge on any atom is -0.460 e. The lowest BCUT2D eigenvalue weighted by molar-refractivity contribution is -0.154. The maximum Gasteiger partial charge on any atom is 0.403 e. The molecule has 0 spiro atoms. The fourth-order valence-electron chi connectivity index (χ4n) is 0.942. The van der Waals surface area contributed by atoms with Gasteiger partial charge in [0.1, 0.15) is 12.2 Å². The highest BCUT2D eigenvalue weighted by molar-refractivity contribution is 8.76. The van der Waals surface area contributed by atoms with Crippen molar-refractivity contribution in [2.24, 2.45) is 0 Å². The molecule has 0 heterocycles. The van der Waals surface area contributed by atoms with Crippen LogP contribution in [0.3, 0.4) is 0 Å². The molecule has 0 amide bonds. The predicted octanol–water partition coefficient (Wildman–Crippen LogP) is 3.87. The average Bonchev–Trinajstić information content (AvgIpc) is 2.18. The molecule has 0 radical (unpaired) electrons. The molecule has 0 unspecified atom stereocenters. The molecular weight excluding hydrogens is 296 g/mol. The van der Waals surface area contributed by atoms with Crippen molar-refractivity contribution in [1.82, 2.24) is 0 Å². The number of halogens is 1. The highest BCUT2D eigenvalue weighted by atomic mass is 35.5. The molecule has 0 aromatic heterocycles. The first kappa shape index (κ1) is 17.9. The first-order chi connectivity index (χ1) is 8.31. The molecule has 0 saturated heterocycles. The Morgan fingerprint density at radius 3 is 2.33 bits per heavy atom. The molecule has 0 rings (SSSR count). The topological polar surface area (TPSA) is 52.6 Å². The summed E-state index contributed by atoms with van der Waals surface area (Å²) in [5, 5.41) is 0. The molecule has 0 aromatic rings. The monoisotopic (exact) mass is 314 g/mol. The SMILES string of the molecule is CC(C)(C)OC(=O)CCCSSCCOC(=O)Cl. The third-order valence-corrected chi connectivity index (χ3v) is 4.06. The average molecular weight is 315 g/mol. The Hall–Kier alpha value is -0.0700. The molecule has 18 heavy (non-hydrogen) atoms. The molecule has 0 fully saturated rings. The number of esters is 1. The zero-order valence-corrected chi connectivity index (χ0v) is 13.3. The highest BCUT2D eigenvalue weighted by Gasteiger charge is 2.15. The van der Waals surface area contributed by atoms with Gasteiger partial charge in [-0.15, -0.1) is 0 Å².